The van der Waals surface area contributed by atoms with E-state index < -0.39 is 0 Å². The molecule has 0 unspecified atom stereocenters. The van der Waals surface area contributed by atoms with Gasteiger partial charge in [-0.2, -0.15) is 0 Å². The summed E-state index contributed by atoms with van der Waals surface area (Å²) in [5, 5.41) is 2.94. The Morgan fingerprint density at radius 2 is 2.00 bits per heavy atom. The predicted octanol–water partition coefficient (Wildman–Crippen LogP) is 4.61. The number of nitrogens with one attached hydrogen (secondary N) is 1. The summed E-state index contributed by atoms with van der Waals surface area (Å²) in [6, 6.07) is 7.48. The minimum Gasteiger partial charge on any atom is -0.398 e. The summed E-state index contributed by atoms with van der Waals surface area (Å²) in [6.45, 7) is 0. The van der Waals surface area contributed by atoms with Crippen molar-refractivity contribution in [2.24, 2.45) is 0 Å². The van der Waals surface area contributed by atoms with Crippen LogP contribution in [0.5, 0.6) is 0 Å². The van der Waals surface area contributed by atoms with Crippen LogP contribution < -0.4 is 11.1 Å². The fourth-order valence-electron chi connectivity index (χ4n) is 2.58. The smallest absolute Gasteiger partial charge is 0.265 e. The predicted molar refractivity (Wildman–Crippen MR) is 92.1 cm³/mol. The van der Waals surface area contributed by atoms with Crippen LogP contribution in [0.4, 0.5) is 11.4 Å². The first-order chi connectivity index (χ1) is 10.1. The fraction of sp³-hybridized carbons (Fsp3) is 0.312. The Labute approximate surface area is 136 Å². The molecule has 0 aliphatic heterocycles. The number of hydrogen-bond donors (Lipinski definition) is 2. The molecule has 21 heavy (non-hydrogen) atoms. The molecule has 0 atom stereocenters. The lowest BCUT2D eigenvalue weighted by molar-refractivity contribution is 0.103. The molecule has 3 rings (SSSR count). The number of anilines is 2. The molecule has 1 aromatic carbocycles. The normalized spacial score (nSPS) is 14.3. The van der Waals surface area contributed by atoms with Crippen molar-refractivity contribution in [1.29, 1.82) is 0 Å². The zero-order chi connectivity index (χ0) is 14.8. The van der Waals surface area contributed by atoms with Crippen LogP contribution in [0.3, 0.4) is 0 Å². The number of hydrogen-bond acceptors (Lipinski definition) is 3. The molecule has 1 amide bonds. The molecule has 3 N–H and O–H groups in total. The summed E-state index contributed by atoms with van der Waals surface area (Å²) < 4.78 is 0.794. The van der Waals surface area contributed by atoms with Gasteiger partial charge in [0.05, 0.1) is 4.88 Å². The molecule has 1 heterocycles. The van der Waals surface area contributed by atoms with Gasteiger partial charge in [-0.1, -0.05) is 6.42 Å². The quantitative estimate of drug-likeness (QED) is 0.603. The molecule has 1 aliphatic rings. The van der Waals surface area contributed by atoms with Crippen LogP contribution in [-0.4, -0.2) is 5.91 Å². The lowest BCUT2D eigenvalue weighted by Gasteiger charge is -2.05. The van der Waals surface area contributed by atoms with Gasteiger partial charge in [-0.3, -0.25) is 4.79 Å². The minimum atomic E-state index is -0.0373. The van der Waals surface area contributed by atoms with Gasteiger partial charge in [0.1, 0.15) is 0 Å². The van der Waals surface area contributed by atoms with Gasteiger partial charge in [0.2, 0.25) is 0 Å². The highest BCUT2D eigenvalue weighted by Gasteiger charge is 2.16. The van der Waals surface area contributed by atoms with E-state index in [-0.39, 0.29) is 5.91 Å². The van der Waals surface area contributed by atoms with Crippen LogP contribution in [0.15, 0.2) is 28.7 Å². The van der Waals surface area contributed by atoms with E-state index in [1.54, 1.807) is 17.4 Å². The summed E-state index contributed by atoms with van der Waals surface area (Å²) in [6.07, 6.45) is 5.98. The van der Waals surface area contributed by atoms with Crippen molar-refractivity contribution in [3.63, 3.8) is 0 Å². The monoisotopic (exact) mass is 364 g/mol. The largest absolute Gasteiger partial charge is 0.398 e. The molecule has 0 radical (unpaired) electrons. The molecule has 0 saturated heterocycles. The van der Waals surface area contributed by atoms with Crippen molar-refractivity contribution in [3.05, 3.63) is 44.1 Å². The number of amides is 1. The van der Waals surface area contributed by atoms with Crippen molar-refractivity contribution in [2.45, 2.75) is 32.1 Å². The Morgan fingerprint density at radius 1 is 1.19 bits per heavy atom. The number of nitrogen functional groups attached to an aromatic ring is 1. The Morgan fingerprint density at radius 3 is 2.81 bits per heavy atom. The maximum absolute atomic E-state index is 12.4. The first-order valence-electron chi connectivity index (χ1n) is 7.11. The molecule has 0 bridgehead atoms. The van der Waals surface area contributed by atoms with Gasteiger partial charge in [-0.15, -0.1) is 11.3 Å². The third-order valence-corrected chi connectivity index (χ3v) is 5.65. The summed E-state index contributed by atoms with van der Waals surface area (Å²) in [5.41, 5.74) is 8.53. The Balaban J connectivity index is 1.77. The van der Waals surface area contributed by atoms with Crippen molar-refractivity contribution in [1.82, 2.24) is 0 Å². The van der Waals surface area contributed by atoms with Crippen molar-refractivity contribution < 1.29 is 4.79 Å². The van der Waals surface area contributed by atoms with Gasteiger partial charge >= 0.3 is 0 Å². The maximum Gasteiger partial charge on any atom is 0.265 e. The van der Waals surface area contributed by atoms with Gasteiger partial charge in [0.25, 0.3) is 5.91 Å². The van der Waals surface area contributed by atoms with Crippen molar-refractivity contribution in [2.75, 3.05) is 11.1 Å². The molecule has 1 aromatic heterocycles. The minimum absolute atomic E-state index is 0.0373. The number of benzene rings is 1. The number of fused-ring (bicyclic) bond motifs is 1. The van der Waals surface area contributed by atoms with Gasteiger partial charge in [0, 0.05) is 20.7 Å². The summed E-state index contributed by atoms with van der Waals surface area (Å²) in [7, 11) is 0. The molecule has 0 fully saturated rings. The Hall–Kier alpha value is -1.33. The van der Waals surface area contributed by atoms with E-state index in [2.05, 4.69) is 27.3 Å². The average Bonchev–Trinajstić information content (AvgIpc) is 2.74. The van der Waals surface area contributed by atoms with E-state index in [9.17, 15) is 4.79 Å². The van der Waals surface area contributed by atoms with Crippen LogP contribution in [-0.2, 0) is 12.8 Å². The molecular formula is C16H17BrN2OS. The van der Waals surface area contributed by atoms with Crippen LogP contribution in [0.25, 0.3) is 0 Å². The van der Waals surface area contributed by atoms with Gasteiger partial charge < -0.3 is 11.1 Å². The average molecular weight is 365 g/mol. The van der Waals surface area contributed by atoms with E-state index in [1.807, 2.05) is 12.1 Å². The maximum atomic E-state index is 12.4. The number of carbonyl (C=O) groups excluding carboxylic acids is 1. The number of halogens is 1. The topological polar surface area (TPSA) is 55.1 Å². The first-order valence-corrected chi connectivity index (χ1v) is 8.72. The van der Waals surface area contributed by atoms with Crippen LogP contribution in [0.2, 0.25) is 0 Å². The highest BCUT2D eigenvalue weighted by Crippen LogP contribution is 2.30. The number of aryl methyl sites for hydroxylation is 2. The summed E-state index contributed by atoms with van der Waals surface area (Å²) in [5.74, 6) is -0.0373. The lowest BCUT2D eigenvalue weighted by atomic mass is 10.1. The number of carbonyl (C=O) groups is 1. The van der Waals surface area contributed by atoms with Gasteiger partial charge in [-0.25, -0.2) is 0 Å². The highest BCUT2D eigenvalue weighted by atomic mass is 79.9. The molecular weight excluding hydrogens is 348 g/mol. The second-order valence-electron chi connectivity index (χ2n) is 5.31. The molecule has 5 heteroatoms. The second-order valence-corrected chi connectivity index (χ2v) is 7.30. The van der Waals surface area contributed by atoms with E-state index in [0.717, 1.165) is 27.9 Å². The third-order valence-electron chi connectivity index (χ3n) is 3.73. The van der Waals surface area contributed by atoms with Crippen molar-refractivity contribution >= 4 is 44.5 Å². The molecule has 0 saturated carbocycles. The molecule has 0 spiro atoms. The Bertz CT molecular complexity index is 657. The third kappa shape index (κ3) is 3.30. The van der Waals surface area contributed by atoms with Crippen molar-refractivity contribution in [3.8, 4) is 0 Å². The van der Waals surface area contributed by atoms with E-state index in [0.29, 0.717) is 5.69 Å². The van der Waals surface area contributed by atoms with Crippen LogP contribution in [0.1, 0.15) is 39.4 Å². The molecule has 3 nitrogen and oxygen atoms in total. The van der Waals surface area contributed by atoms with Crippen LogP contribution in [0, 0.1) is 0 Å². The van der Waals surface area contributed by atoms with Crippen LogP contribution >= 0.6 is 27.3 Å². The zero-order valence-corrected chi connectivity index (χ0v) is 14.0. The molecule has 2 aromatic rings. The van der Waals surface area contributed by atoms with E-state index in [4.69, 9.17) is 5.73 Å². The Kier molecular flexibility index (Phi) is 4.31. The van der Waals surface area contributed by atoms with E-state index >= 15 is 0 Å². The van der Waals surface area contributed by atoms with Gasteiger partial charge in [0.15, 0.2) is 0 Å². The first kappa shape index (κ1) is 14.6. The fourth-order valence-corrected chi connectivity index (χ4v) is 4.10. The summed E-state index contributed by atoms with van der Waals surface area (Å²) in [4.78, 5) is 14.6. The highest BCUT2D eigenvalue weighted by molar-refractivity contribution is 9.10. The zero-order valence-electron chi connectivity index (χ0n) is 11.6. The SMILES string of the molecule is Nc1ccc(NC(=O)c2cc3c(s2)CCCCC3)cc1Br. The second kappa shape index (κ2) is 6.20. The number of rotatable bonds is 2. The lowest BCUT2D eigenvalue weighted by Crippen LogP contribution is -2.10. The molecule has 110 valence electrons. The summed E-state index contributed by atoms with van der Waals surface area (Å²) >= 11 is 5.01. The number of thiophene rings is 1. The molecule has 1 aliphatic carbocycles. The number of nitrogens with two attached hydrogens (primary N) is 1. The van der Waals surface area contributed by atoms with E-state index in [1.165, 1.54) is 29.7 Å². The van der Waals surface area contributed by atoms with Gasteiger partial charge in [-0.05, 0) is 71.4 Å². The standard InChI is InChI=1S/C16H17BrN2OS/c17-12-9-11(6-7-13(12)18)19-16(20)15-8-10-4-2-1-3-5-14(10)21-15/h6-9H,1-5,18H2,(H,19,20).